The maximum atomic E-state index is 13.7. The number of carbonyl (C=O) groups is 2. The Morgan fingerprint density at radius 1 is 1.41 bits per heavy atom. The van der Waals surface area contributed by atoms with Gasteiger partial charge in [0.2, 0.25) is 0 Å². The first kappa shape index (κ1) is 17.9. The van der Waals surface area contributed by atoms with E-state index in [9.17, 15) is 14.0 Å². The number of Topliss-reactive ketones (excluding diaryl/α,β-unsaturated/α-hetero) is 1. The van der Waals surface area contributed by atoms with Crippen LogP contribution < -0.4 is 10.8 Å². The Balaban J connectivity index is 3.33. The van der Waals surface area contributed by atoms with E-state index in [1.54, 1.807) is 20.9 Å². The van der Waals surface area contributed by atoms with E-state index in [1.165, 1.54) is 6.07 Å². The summed E-state index contributed by atoms with van der Waals surface area (Å²) in [5.41, 5.74) is 0.0695. The average molecular weight is 304 g/mol. The molecule has 0 aliphatic rings. The maximum absolute atomic E-state index is 13.7. The van der Waals surface area contributed by atoms with Gasteiger partial charge in [0.05, 0.1) is 12.3 Å². The van der Waals surface area contributed by atoms with Crippen LogP contribution in [0.25, 0.3) is 0 Å². The van der Waals surface area contributed by atoms with Crippen LogP contribution in [0.2, 0.25) is 0 Å². The highest BCUT2D eigenvalue weighted by Gasteiger charge is 2.33. The second kappa shape index (κ2) is 7.73. The second-order valence-electron chi connectivity index (χ2n) is 4.59. The summed E-state index contributed by atoms with van der Waals surface area (Å²) < 4.78 is 18.6. The van der Waals surface area contributed by atoms with Crippen LogP contribution in [0.3, 0.4) is 0 Å². The fourth-order valence-corrected chi connectivity index (χ4v) is 2.02. The van der Waals surface area contributed by atoms with Crippen molar-refractivity contribution in [2.45, 2.75) is 20.3 Å². The monoisotopic (exact) mass is 304 g/mol. The van der Waals surface area contributed by atoms with Gasteiger partial charge in [-0.15, -0.1) is 0 Å². The first-order chi connectivity index (χ1) is 10.4. The Morgan fingerprint density at radius 2 is 2.05 bits per heavy atom. The molecular weight excluding hydrogens is 286 g/mol. The van der Waals surface area contributed by atoms with Crippen molar-refractivity contribution in [1.29, 1.82) is 5.41 Å². The standard InChI is InChI=1S/C15H18BFN2O3/c1-4-12(20)13(15(21)22-5-2)14(18)8-6-10(17)9(16)7-11(8)19-3/h6-7,13,18-19H,4-5H2,1-3H3. The van der Waals surface area contributed by atoms with Crippen molar-refractivity contribution in [3.63, 3.8) is 0 Å². The number of esters is 1. The second-order valence-corrected chi connectivity index (χ2v) is 4.59. The molecule has 0 aromatic heterocycles. The number of nitrogens with one attached hydrogen (secondary N) is 2. The molecule has 1 aromatic carbocycles. The molecule has 7 heteroatoms. The lowest BCUT2D eigenvalue weighted by Gasteiger charge is -2.18. The fraction of sp³-hybridized carbons (Fsp3) is 0.400. The topological polar surface area (TPSA) is 79.3 Å². The molecule has 0 saturated heterocycles. The molecule has 2 N–H and O–H groups in total. The third-order valence-corrected chi connectivity index (χ3v) is 3.18. The van der Waals surface area contributed by atoms with E-state index in [2.05, 4.69) is 5.32 Å². The van der Waals surface area contributed by atoms with E-state index in [-0.39, 0.29) is 29.8 Å². The van der Waals surface area contributed by atoms with Crippen LogP contribution in [0, 0.1) is 17.1 Å². The van der Waals surface area contributed by atoms with Crippen molar-refractivity contribution in [3.05, 3.63) is 23.5 Å². The number of halogens is 1. The third-order valence-electron chi connectivity index (χ3n) is 3.18. The number of ether oxygens (including phenoxy) is 1. The first-order valence-corrected chi connectivity index (χ1v) is 6.92. The maximum Gasteiger partial charge on any atom is 0.322 e. The summed E-state index contributed by atoms with van der Waals surface area (Å²) in [6.07, 6.45) is 0.0677. The molecule has 0 spiro atoms. The summed E-state index contributed by atoms with van der Waals surface area (Å²) in [4.78, 5) is 24.0. The molecule has 1 aromatic rings. The summed E-state index contributed by atoms with van der Waals surface area (Å²) in [5, 5.41) is 10.9. The summed E-state index contributed by atoms with van der Waals surface area (Å²) in [6.45, 7) is 3.29. The Kier molecular flexibility index (Phi) is 6.28. The molecule has 116 valence electrons. The molecule has 0 saturated carbocycles. The predicted molar refractivity (Wildman–Crippen MR) is 83.6 cm³/mol. The number of benzene rings is 1. The van der Waals surface area contributed by atoms with Gasteiger partial charge in [-0.05, 0) is 19.1 Å². The van der Waals surface area contributed by atoms with Crippen LogP contribution in [0.1, 0.15) is 25.8 Å². The van der Waals surface area contributed by atoms with Crippen LogP contribution in [-0.2, 0) is 14.3 Å². The molecule has 22 heavy (non-hydrogen) atoms. The molecule has 0 aliphatic heterocycles. The molecule has 2 radical (unpaired) electrons. The van der Waals surface area contributed by atoms with E-state index < -0.39 is 23.5 Å². The Hall–Kier alpha value is -2.18. The Labute approximate surface area is 130 Å². The molecule has 5 nitrogen and oxygen atoms in total. The Morgan fingerprint density at radius 3 is 2.55 bits per heavy atom. The summed E-state index contributed by atoms with van der Waals surface area (Å²) in [6, 6.07) is 2.36. The van der Waals surface area contributed by atoms with Gasteiger partial charge in [-0.1, -0.05) is 12.4 Å². The summed E-state index contributed by atoms with van der Waals surface area (Å²) >= 11 is 0. The molecule has 0 heterocycles. The van der Waals surface area contributed by atoms with Crippen molar-refractivity contribution in [3.8, 4) is 0 Å². The van der Waals surface area contributed by atoms with E-state index in [1.807, 2.05) is 0 Å². The minimum Gasteiger partial charge on any atom is -0.465 e. The lowest BCUT2D eigenvalue weighted by Crippen LogP contribution is -2.34. The van der Waals surface area contributed by atoms with Gasteiger partial charge in [0, 0.05) is 24.7 Å². The number of anilines is 1. The number of hydrogen-bond acceptors (Lipinski definition) is 5. The van der Waals surface area contributed by atoms with Gasteiger partial charge < -0.3 is 15.5 Å². The van der Waals surface area contributed by atoms with E-state index >= 15 is 0 Å². The van der Waals surface area contributed by atoms with Crippen LogP contribution in [0.15, 0.2) is 12.1 Å². The zero-order chi connectivity index (χ0) is 16.9. The van der Waals surface area contributed by atoms with Crippen molar-refractivity contribution >= 4 is 36.5 Å². The highest BCUT2D eigenvalue weighted by Crippen LogP contribution is 2.21. The SMILES string of the molecule is [B]c1cc(NC)c(C(=N)C(C(=O)CC)C(=O)OCC)cc1F. The highest BCUT2D eigenvalue weighted by molar-refractivity contribution is 6.33. The third kappa shape index (κ3) is 3.72. The van der Waals surface area contributed by atoms with Crippen molar-refractivity contribution in [1.82, 2.24) is 0 Å². The van der Waals surface area contributed by atoms with Gasteiger partial charge in [0.15, 0.2) is 11.7 Å². The zero-order valence-corrected chi connectivity index (χ0v) is 12.8. The number of carbonyl (C=O) groups excluding carboxylic acids is 2. The number of ketones is 1. The molecule has 1 unspecified atom stereocenters. The van der Waals surface area contributed by atoms with E-state index in [0.29, 0.717) is 5.69 Å². The lowest BCUT2D eigenvalue weighted by molar-refractivity contribution is -0.148. The minimum absolute atomic E-state index is 0.0677. The Bertz CT molecular complexity index is 605. The predicted octanol–water partition coefficient (Wildman–Crippen LogP) is 1.19. The molecule has 0 bridgehead atoms. The number of hydrogen-bond donors (Lipinski definition) is 2. The minimum atomic E-state index is -1.37. The summed E-state index contributed by atoms with van der Waals surface area (Å²) in [5.74, 6) is -3.35. The fourth-order valence-electron chi connectivity index (χ4n) is 2.02. The molecular formula is C15H18BFN2O3. The van der Waals surface area contributed by atoms with Gasteiger partial charge in [0.25, 0.3) is 0 Å². The van der Waals surface area contributed by atoms with Crippen LogP contribution in [-0.4, -0.2) is 39.0 Å². The van der Waals surface area contributed by atoms with Gasteiger partial charge in [-0.3, -0.25) is 9.59 Å². The lowest BCUT2D eigenvalue weighted by atomic mass is 9.87. The quantitative estimate of drug-likeness (QED) is 0.343. The van der Waals surface area contributed by atoms with Crippen molar-refractivity contribution in [2.24, 2.45) is 5.92 Å². The van der Waals surface area contributed by atoms with Crippen LogP contribution in [0.5, 0.6) is 0 Å². The molecule has 0 fully saturated rings. The molecule has 0 aliphatic carbocycles. The smallest absolute Gasteiger partial charge is 0.322 e. The van der Waals surface area contributed by atoms with Gasteiger partial charge in [0.1, 0.15) is 13.7 Å². The summed E-state index contributed by atoms with van der Waals surface area (Å²) in [7, 11) is 7.06. The zero-order valence-electron chi connectivity index (χ0n) is 12.8. The van der Waals surface area contributed by atoms with Gasteiger partial charge in [-0.2, -0.15) is 0 Å². The van der Waals surface area contributed by atoms with Crippen LogP contribution in [0.4, 0.5) is 10.1 Å². The van der Waals surface area contributed by atoms with Crippen molar-refractivity contribution in [2.75, 3.05) is 19.0 Å². The average Bonchev–Trinajstić information content (AvgIpc) is 2.49. The normalized spacial score (nSPS) is 11.6. The number of rotatable bonds is 7. The van der Waals surface area contributed by atoms with Gasteiger partial charge >= 0.3 is 5.97 Å². The van der Waals surface area contributed by atoms with E-state index in [4.69, 9.17) is 18.0 Å². The molecule has 1 atom stereocenters. The van der Waals surface area contributed by atoms with E-state index in [0.717, 1.165) is 6.07 Å². The first-order valence-electron chi connectivity index (χ1n) is 6.92. The van der Waals surface area contributed by atoms with Crippen LogP contribution >= 0.6 is 0 Å². The van der Waals surface area contributed by atoms with Crippen molar-refractivity contribution < 1.29 is 18.7 Å². The van der Waals surface area contributed by atoms with Gasteiger partial charge in [-0.25, -0.2) is 4.39 Å². The largest absolute Gasteiger partial charge is 0.465 e. The molecule has 0 amide bonds. The molecule has 1 rings (SSSR count). The highest BCUT2D eigenvalue weighted by atomic mass is 19.1.